The molecule has 0 unspecified atom stereocenters. The minimum Gasteiger partial charge on any atom is -0.366 e. The van der Waals surface area contributed by atoms with Gasteiger partial charge in [-0.1, -0.05) is 12.1 Å². The number of imidazole rings is 1. The van der Waals surface area contributed by atoms with E-state index in [0.29, 0.717) is 12.0 Å². The smallest absolute Gasteiger partial charge is 0.248 e. The molecule has 3 aromatic rings. The first-order valence-corrected chi connectivity index (χ1v) is 6.80. The predicted molar refractivity (Wildman–Crippen MR) is 78.5 cm³/mol. The highest BCUT2D eigenvalue weighted by atomic mass is 79.9. The molecule has 0 atom stereocenters. The molecule has 1 aromatic carbocycles. The van der Waals surface area contributed by atoms with Crippen LogP contribution in [0.3, 0.4) is 0 Å². The lowest BCUT2D eigenvalue weighted by Crippen LogP contribution is -2.11. The summed E-state index contributed by atoms with van der Waals surface area (Å²) in [6.07, 6.45) is 4.17. The number of nitrogens with two attached hydrogens (primary N) is 1. The van der Waals surface area contributed by atoms with Gasteiger partial charge in [-0.15, -0.1) is 0 Å². The minimum atomic E-state index is -0.419. The van der Waals surface area contributed by atoms with Gasteiger partial charge in [0, 0.05) is 5.56 Å². The summed E-state index contributed by atoms with van der Waals surface area (Å²) < 4.78 is 2.53. The molecule has 100 valence electrons. The first kappa shape index (κ1) is 12.8. The maximum Gasteiger partial charge on any atom is 0.248 e. The molecular formula is C14H11BrN4O. The molecule has 0 spiro atoms. The summed E-state index contributed by atoms with van der Waals surface area (Å²) in [6, 6.07) is 9.26. The van der Waals surface area contributed by atoms with E-state index < -0.39 is 5.91 Å². The Morgan fingerprint density at radius 3 is 2.90 bits per heavy atom. The fourth-order valence-electron chi connectivity index (χ4n) is 2.05. The zero-order valence-corrected chi connectivity index (χ0v) is 12.0. The van der Waals surface area contributed by atoms with Crippen LogP contribution >= 0.6 is 15.9 Å². The summed E-state index contributed by atoms with van der Waals surface area (Å²) in [4.78, 5) is 15.4. The van der Waals surface area contributed by atoms with Crippen LogP contribution in [-0.2, 0) is 6.42 Å². The van der Waals surface area contributed by atoms with E-state index in [4.69, 9.17) is 5.73 Å². The van der Waals surface area contributed by atoms with E-state index in [1.807, 2.05) is 18.2 Å². The number of rotatable bonds is 3. The number of hydrogen-bond acceptors (Lipinski definition) is 3. The summed E-state index contributed by atoms with van der Waals surface area (Å²) in [5.41, 5.74) is 8.61. The van der Waals surface area contributed by atoms with Crippen LogP contribution in [0, 0.1) is 0 Å². The number of carbonyl (C=O) groups is 1. The molecule has 0 aliphatic heterocycles. The molecule has 6 heteroatoms. The molecule has 0 saturated carbocycles. The third kappa shape index (κ3) is 2.42. The SMILES string of the molecule is NC(=O)c1cccc(Cc2cnn3c(Br)cnc3c2)c1. The fraction of sp³-hybridized carbons (Fsp3) is 0.0714. The molecule has 20 heavy (non-hydrogen) atoms. The number of carbonyl (C=O) groups excluding carboxylic acids is 1. The van der Waals surface area contributed by atoms with Gasteiger partial charge in [0.2, 0.25) is 5.91 Å². The van der Waals surface area contributed by atoms with E-state index in [0.717, 1.165) is 21.4 Å². The fourth-order valence-corrected chi connectivity index (χ4v) is 2.43. The lowest BCUT2D eigenvalue weighted by atomic mass is 10.0. The van der Waals surface area contributed by atoms with Crippen molar-refractivity contribution in [3.8, 4) is 0 Å². The second-order valence-corrected chi connectivity index (χ2v) is 5.27. The number of hydrogen-bond donors (Lipinski definition) is 1. The number of amides is 1. The highest BCUT2D eigenvalue weighted by Gasteiger charge is 2.05. The third-order valence-corrected chi connectivity index (χ3v) is 3.54. The highest BCUT2D eigenvalue weighted by Crippen LogP contribution is 2.15. The van der Waals surface area contributed by atoms with Crippen molar-refractivity contribution in [1.29, 1.82) is 0 Å². The average molecular weight is 331 g/mol. The van der Waals surface area contributed by atoms with Crippen LogP contribution in [0.2, 0.25) is 0 Å². The Hall–Kier alpha value is -2.21. The van der Waals surface area contributed by atoms with Gasteiger partial charge in [0.25, 0.3) is 0 Å². The lowest BCUT2D eigenvalue weighted by molar-refractivity contribution is 0.1000. The van der Waals surface area contributed by atoms with Crippen molar-refractivity contribution in [3.63, 3.8) is 0 Å². The predicted octanol–water partition coefficient (Wildman–Crippen LogP) is 2.18. The summed E-state index contributed by atoms with van der Waals surface area (Å²) >= 11 is 3.37. The van der Waals surface area contributed by atoms with Gasteiger partial charge in [-0.25, -0.2) is 9.50 Å². The van der Waals surface area contributed by atoms with Crippen molar-refractivity contribution in [2.45, 2.75) is 6.42 Å². The Labute approximate surface area is 123 Å². The minimum absolute atomic E-state index is 0.419. The largest absolute Gasteiger partial charge is 0.366 e. The number of nitrogens with zero attached hydrogens (tertiary/aromatic N) is 3. The molecule has 3 rings (SSSR count). The van der Waals surface area contributed by atoms with Gasteiger partial charge in [0.05, 0.1) is 12.4 Å². The second kappa shape index (κ2) is 5.05. The third-order valence-electron chi connectivity index (χ3n) is 3.00. The molecule has 0 bridgehead atoms. The van der Waals surface area contributed by atoms with Crippen molar-refractivity contribution < 1.29 is 4.79 Å². The van der Waals surface area contributed by atoms with Crippen LogP contribution in [0.25, 0.3) is 5.65 Å². The Bertz CT molecular complexity index is 797. The number of aromatic nitrogens is 3. The molecule has 2 N–H and O–H groups in total. The molecule has 0 radical (unpaired) electrons. The number of primary amides is 1. The quantitative estimate of drug-likeness (QED) is 0.799. The zero-order valence-electron chi connectivity index (χ0n) is 10.5. The molecule has 0 saturated heterocycles. The van der Waals surface area contributed by atoms with E-state index in [2.05, 4.69) is 26.0 Å². The zero-order chi connectivity index (χ0) is 14.1. The average Bonchev–Trinajstić information content (AvgIpc) is 2.80. The Morgan fingerprint density at radius 1 is 1.25 bits per heavy atom. The van der Waals surface area contributed by atoms with E-state index in [1.165, 1.54) is 0 Å². The van der Waals surface area contributed by atoms with Gasteiger partial charge in [-0.05, 0) is 51.7 Å². The molecule has 5 nitrogen and oxygen atoms in total. The summed E-state index contributed by atoms with van der Waals surface area (Å²) in [5.74, 6) is -0.419. The Balaban J connectivity index is 1.92. The van der Waals surface area contributed by atoms with Crippen LogP contribution in [0.15, 0.2) is 47.3 Å². The van der Waals surface area contributed by atoms with Gasteiger partial charge in [-0.3, -0.25) is 4.79 Å². The van der Waals surface area contributed by atoms with E-state index in [-0.39, 0.29) is 0 Å². The van der Waals surface area contributed by atoms with Crippen molar-refractivity contribution in [1.82, 2.24) is 14.6 Å². The molecule has 0 aliphatic carbocycles. The number of halogens is 1. The summed E-state index contributed by atoms with van der Waals surface area (Å²) in [7, 11) is 0. The maximum atomic E-state index is 11.2. The second-order valence-electron chi connectivity index (χ2n) is 4.46. The van der Waals surface area contributed by atoms with Gasteiger partial charge in [-0.2, -0.15) is 5.10 Å². The number of benzene rings is 1. The van der Waals surface area contributed by atoms with E-state index >= 15 is 0 Å². The standard InChI is InChI=1S/C14H11BrN4O/c15-12-8-17-13-6-10(7-18-19(12)13)4-9-2-1-3-11(5-9)14(16)20/h1-3,5-8H,4H2,(H2,16,20). The van der Waals surface area contributed by atoms with Gasteiger partial charge < -0.3 is 5.73 Å². The summed E-state index contributed by atoms with van der Waals surface area (Å²) in [5, 5.41) is 4.31. The van der Waals surface area contributed by atoms with Crippen molar-refractivity contribution in [2.75, 3.05) is 0 Å². The van der Waals surface area contributed by atoms with E-state index in [9.17, 15) is 4.79 Å². The molecule has 0 fully saturated rings. The van der Waals surface area contributed by atoms with E-state index in [1.54, 1.807) is 29.0 Å². The normalized spacial score (nSPS) is 10.8. The topological polar surface area (TPSA) is 73.3 Å². The van der Waals surface area contributed by atoms with Gasteiger partial charge in [0.15, 0.2) is 5.65 Å². The molecule has 2 aromatic heterocycles. The van der Waals surface area contributed by atoms with Crippen molar-refractivity contribution in [3.05, 3.63) is 64.0 Å². The van der Waals surface area contributed by atoms with Crippen LogP contribution in [-0.4, -0.2) is 20.5 Å². The molecule has 1 amide bonds. The molecule has 0 aliphatic rings. The van der Waals surface area contributed by atoms with Gasteiger partial charge >= 0.3 is 0 Å². The lowest BCUT2D eigenvalue weighted by Gasteiger charge is -2.04. The molecule has 2 heterocycles. The maximum absolute atomic E-state index is 11.2. The van der Waals surface area contributed by atoms with Crippen LogP contribution in [0.4, 0.5) is 0 Å². The van der Waals surface area contributed by atoms with Gasteiger partial charge in [0.1, 0.15) is 4.60 Å². The van der Waals surface area contributed by atoms with Crippen molar-refractivity contribution >= 4 is 27.5 Å². The Kier molecular flexibility index (Phi) is 3.23. The van der Waals surface area contributed by atoms with Crippen LogP contribution in [0.5, 0.6) is 0 Å². The summed E-state index contributed by atoms with van der Waals surface area (Å²) in [6.45, 7) is 0. The monoisotopic (exact) mass is 330 g/mol. The number of fused-ring (bicyclic) bond motifs is 1. The molecular weight excluding hydrogens is 320 g/mol. The Morgan fingerprint density at radius 2 is 2.10 bits per heavy atom. The highest BCUT2D eigenvalue weighted by molar-refractivity contribution is 9.10. The van der Waals surface area contributed by atoms with Crippen LogP contribution in [0.1, 0.15) is 21.5 Å². The van der Waals surface area contributed by atoms with Crippen LogP contribution < -0.4 is 5.73 Å². The first-order valence-electron chi connectivity index (χ1n) is 6.00. The van der Waals surface area contributed by atoms with Crippen molar-refractivity contribution in [2.24, 2.45) is 5.73 Å². The first-order chi connectivity index (χ1) is 9.63.